The topological polar surface area (TPSA) is 59.3 Å². The van der Waals surface area contributed by atoms with Crippen LogP contribution in [-0.4, -0.2) is 27.4 Å². The minimum Gasteiger partial charge on any atom is -0.353 e. The van der Waals surface area contributed by atoms with Crippen LogP contribution < -0.4 is 5.32 Å². The maximum Gasteiger partial charge on any atom is 0.435 e. The Morgan fingerprint density at radius 2 is 1.78 bits per heavy atom. The third-order valence-corrected chi connectivity index (χ3v) is 6.83. The molecule has 1 saturated carbocycles. The second-order valence-corrected chi connectivity index (χ2v) is 9.19. The van der Waals surface area contributed by atoms with Crippen LogP contribution in [0.4, 0.5) is 19.0 Å². The van der Waals surface area contributed by atoms with Gasteiger partial charge >= 0.3 is 6.18 Å². The van der Waals surface area contributed by atoms with Crippen molar-refractivity contribution in [1.29, 1.82) is 0 Å². The number of nitrogens with zero attached hydrogens (tertiary/aromatic N) is 3. The number of halogens is 5. The zero-order valence-corrected chi connectivity index (χ0v) is 18.9. The first-order valence-corrected chi connectivity index (χ1v) is 11.4. The Bertz CT molecular complexity index is 1040. The van der Waals surface area contributed by atoms with Crippen molar-refractivity contribution >= 4 is 40.6 Å². The lowest BCUT2D eigenvalue weighted by atomic mass is 9.87. The van der Waals surface area contributed by atoms with Crippen LogP contribution >= 0.6 is 23.2 Å². The number of nitrogens with one attached hydrogen (secondary N) is 1. The van der Waals surface area contributed by atoms with Gasteiger partial charge in [-0.25, -0.2) is 9.67 Å². The molecule has 5 nitrogen and oxygen atoms in total. The van der Waals surface area contributed by atoms with Crippen molar-refractivity contribution in [3.8, 4) is 0 Å². The van der Waals surface area contributed by atoms with E-state index in [1.807, 2.05) is 0 Å². The van der Waals surface area contributed by atoms with Gasteiger partial charge in [-0.15, -0.1) is 0 Å². The molecule has 0 saturated heterocycles. The molecule has 1 aromatic heterocycles. The van der Waals surface area contributed by atoms with Crippen LogP contribution in [0.1, 0.15) is 62.7 Å². The largest absolute Gasteiger partial charge is 0.435 e. The van der Waals surface area contributed by atoms with E-state index in [-0.39, 0.29) is 22.8 Å². The van der Waals surface area contributed by atoms with Crippen molar-refractivity contribution in [2.24, 2.45) is 10.9 Å². The number of aromatic nitrogens is 2. The Morgan fingerprint density at radius 3 is 2.41 bits per heavy atom. The highest BCUT2D eigenvalue weighted by Gasteiger charge is 2.42. The summed E-state index contributed by atoms with van der Waals surface area (Å²) in [5.41, 5.74) is -0.0972. The van der Waals surface area contributed by atoms with Crippen LogP contribution in [0.2, 0.25) is 10.0 Å². The first kappa shape index (κ1) is 23.1. The summed E-state index contributed by atoms with van der Waals surface area (Å²) in [5.74, 6) is -1.06. The molecule has 2 unspecified atom stereocenters. The molecule has 1 amide bonds. The third-order valence-electron chi connectivity index (χ3n) is 6.10. The lowest BCUT2D eigenvalue weighted by molar-refractivity contribution is -0.141. The highest BCUT2D eigenvalue weighted by Crippen LogP contribution is 2.41. The first-order chi connectivity index (χ1) is 15.1. The Morgan fingerprint density at radius 1 is 1.09 bits per heavy atom. The molecule has 2 aromatic rings. The van der Waals surface area contributed by atoms with Crippen molar-refractivity contribution in [3.63, 3.8) is 0 Å². The van der Waals surface area contributed by atoms with Crippen LogP contribution in [0.15, 0.2) is 29.3 Å². The Kier molecular flexibility index (Phi) is 6.54. The number of carbonyl (C=O) groups excluding carboxylic acids is 1. The maximum atomic E-state index is 13.4. The fourth-order valence-corrected chi connectivity index (χ4v) is 4.82. The quantitative estimate of drug-likeness (QED) is 0.513. The minimum absolute atomic E-state index is 0.0389. The molecular formula is C22H23Cl2F3N4O. The van der Waals surface area contributed by atoms with Gasteiger partial charge in [0.2, 0.25) is 5.91 Å². The molecule has 1 aliphatic heterocycles. The molecule has 1 fully saturated rings. The number of hydrogen-bond donors (Lipinski definition) is 1. The van der Waals surface area contributed by atoms with Gasteiger partial charge in [0.05, 0.1) is 16.1 Å². The van der Waals surface area contributed by atoms with Crippen LogP contribution in [-0.2, 0) is 11.0 Å². The second-order valence-electron chi connectivity index (χ2n) is 8.38. The zero-order valence-electron chi connectivity index (χ0n) is 17.4. The minimum atomic E-state index is -4.63. The number of alkyl halides is 3. The molecule has 10 heteroatoms. The summed E-state index contributed by atoms with van der Waals surface area (Å²) in [6, 6.07) is 4.89. The smallest absolute Gasteiger partial charge is 0.353 e. The molecule has 0 spiro atoms. The summed E-state index contributed by atoms with van der Waals surface area (Å²) in [7, 11) is 0. The second kappa shape index (κ2) is 9.06. The summed E-state index contributed by atoms with van der Waals surface area (Å²) < 4.78 is 41.3. The van der Waals surface area contributed by atoms with Gasteiger partial charge in [-0.3, -0.25) is 4.79 Å². The first-order valence-electron chi connectivity index (χ1n) is 10.6. The van der Waals surface area contributed by atoms with E-state index in [0.717, 1.165) is 44.6 Å². The Balaban J connectivity index is 1.75. The summed E-state index contributed by atoms with van der Waals surface area (Å²) in [6.45, 7) is 1.66. The van der Waals surface area contributed by atoms with Crippen molar-refractivity contribution in [2.45, 2.75) is 63.7 Å². The summed E-state index contributed by atoms with van der Waals surface area (Å²) in [5, 5.41) is 7.46. The Hall–Kier alpha value is -2.06. The number of hydrogen-bond acceptors (Lipinski definition) is 3. The van der Waals surface area contributed by atoms with Gasteiger partial charge in [-0.1, -0.05) is 55.0 Å². The molecule has 0 radical (unpaired) electrons. The van der Waals surface area contributed by atoms with Crippen LogP contribution in [0.3, 0.4) is 0 Å². The van der Waals surface area contributed by atoms with Crippen molar-refractivity contribution in [1.82, 2.24) is 15.1 Å². The van der Waals surface area contributed by atoms with E-state index in [9.17, 15) is 18.0 Å². The zero-order chi connectivity index (χ0) is 23.0. The average Bonchev–Trinajstić information content (AvgIpc) is 2.99. The lowest BCUT2D eigenvalue weighted by Gasteiger charge is -2.32. The summed E-state index contributed by atoms with van der Waals surface area (Å²) in [6.07, 6.45) is 1.50. The molecule has 2 heterocycles. The van der Waals surface area contributed by atoms with Gasteiger partial charge in [0.1, 0.15) is 5.92 Å². The van der Waals surface area contributed by atoms with E-state index in [1.165, 1.54) is 4.68 Å². The van der Waals surface area contributed by atoms with Crippen molar-refractivity contribution < 1.29 is 18.0 Å². The Labute approximate surface area is 194 Å². The van der Waals surface area contributed by atoms with E-state index in [0.29, 0.717) is 16.3 Å². The van der Waals surface area contributed by atoms with Gasteiger partial charge in [0.15, 0.2) is 11.5 Å². The van der Waals surface area contributed by atoms with E-state index >= 15 is 0 Å². The normalized spacial score (nSPS) is 22.1. The number of rotatable bonds is 3. The van der Waals surface area contributed by atoms with Gasteiger partial charge in [0, 0.05) is 17.8 Å². The number of benzene rings is 1. The van der Waals surface area contributed by atoms with Gasteiger partial charge in [-0.05, 0) is 37.5 Å². The van der Waals surface area contributed by atoms with E-state index in [2.05, 4.69) is 15.4 Å². The highest BCUT2D eigenvalue weighted by molar-refractivity contribution is 6.42. The monoisotopic (exact) mass is 486 g/mol. The molecule has 1 aromatic carbocycles. The average molecular weight is 487 g/mol. The molecule has 32 heavy (non-hydrogen) atoms. The SMILES string of the molecule is CC1=Nc2cc(C(F)(F)F)nn2C(c2ccc(Cl)c(Cl)c2)C1C(=O)NC1CCCCCC1. The predicted octanol–water partition coefficient (Wildman–Crippen LogP) is 6.36. The van der Waals surface area contributed by atoms with Crippen LogP contribution in [0.5, 0.6) is 0 Å². The molecule has 4 rings (SSSR count). The van der Waals surface area contributed by atoms with E-state index < -0.39 is 23.8 Å². The molecule has 1 N–H and O–H groups in total. The van der Waals surface area contributed by atoms with Crippen molar-refractivity contribution in [3.05, 3.63) is 45.6 Å². The summed E-state index contributed by atoms with van der Waals surface area (Å²) >= 11 is 12.3. The van der Waals surface area contributed by atoms with E-state index in [1.54, 1.807) is 25.1 Å². The molecular weight excluding hydrogens is 464 g/mol. The fraction of sp³-hybridized carbons (Fsp3) is 0.500. The van der Waals surface area contributed by atoms with Gasteiger partial charge in [0.25, 0.3) is 0 Å². The summed E-state index contributed by atoms with van der Waals surface area (Å²) in [4.78, 5) is 17.7. The van der Waals surface area contributed by atoms with Gasteiger partial charge < -0.3 is 5.32 Å². The molecule has 0 bridgehead atoms. The van der Waals surface area contributed by atoms with E-state index in [4.69, 9.17) is 23.2 Å². The highest BCUT2D eigenvalue weighted by atomic mass is 35.5. The van der Waals surface area contributed by atoms with Crippen molar-refractivity contribution in [2.75, 3.05) is 0 Å². The standard InChI is InChI=1S/C22H23Cl2F3N4O/c1-12-19(21(32)29-14-6-4-2-3-5-7-14)20(13-8-9-15(23)16(24)10-13)31-18(28-12)11-17(30-31)22(25,26)27/h8-11,14,19-20H,2-7H2,1H3,(H,29,32). The van der Waals surface area contributed by atoms with Crippen LogP contribution in [0.25, 0.3) is 0 Å². The number of carbonyl (C=O) groups is 1. The number of aliphatic imine (C=N–C) groups is 1. The van der Waals surface area contributed by atoms with Gasteiger partial charge in [-0.2, -0.15) is 18.3 Å². The molecule has 2 aliphatic rings. The molecule has 172 valence electrons. The number of amides is 1. The van der Waals surface area contributed by atoms with Crippen LogP contribution in [0, 0.1) is 5.92 Å². The maximum absolute atomic E-state index is 13.4. The number of fused-ring (bicyclic) bond motifs is 1. The molecule has 2 atom stereocenters. The lowest BCUT2D eigenvalue weighted by Crippen LogP contribution is -2.45. The molecule has 1 aliphatic carbocycles. The fourth-order valence-electron chi connectivity index (χ4n) is 4.51. The predicted molar refractivity (Wildman–Crippen MR) is 118 cm³/mol. The third kappa shape index (κ3) is 4.66.